The van der Waals surface area contributed by atoms with Crippen molar-refractivity contribution in [3.05, 3.63) is 80.1 Å². The molecule has 0 bridgehead atoms. The van der Waals surface area contributed by atoms with Gasteiger partial charge in [-0.3, -0.25) is 19.6 Å². The average Bonchev–Trinajstić information content (AvgIpc) is 4.15. The number of aryl methyl sites for hydroxylation is 2. The Bertz CT molecular complexity index is 2970. The molecular formula is C49H52ClN9O5S2. The van der Waals surface area contributed by atoms with Crippen molar-refractivity contribution < 1.29 is 23.8 Å². The van der Waals surface area contributed by atoms with Gasteiger partial charge in [0.2, 0.25) is 11.1 Å². The van der Waals surface area contributed by atoms with Gasteiger partial charge in [0.05, 0.1) is 74.1 Å². The van der Waals surface area contributed by atoms with Crippen LogP contribution in [0.2, 0.25) is 0 Å². The first kappa shape index (κ1) is 44.3. The van der Waals surface area contributed by atoms with E-state index < -0.39 is 5.41 Å². The van der Waals surface area contributed by atoms with E-state index in [0.29, 0.717) is 39.3 Å². The molecule has 1 amide bonds. The first-order chi connectivity index (χ1) is 32.1. The zero-order valence-corrected chi connectivity index (χ0v) is 40.1. The molecule has 0 unspecified atom stereocenters. The molecular weight excluding hydrogens is 894 g/mol. The summed E-state index contributed by atoms with van der Waals surface area (Å²) < 4.78 is 16.9. The van der Waals surface area contributed by atoms with Crippen LogP contribution in [-0.4, -0.2) is 88.4 Å². The lowest BCUT2D eigenvalue weighted by Crippen LogP contribution is -2.54. The van der Waals surface area contributed by atoms with Gasteiger partial charge in [0.15, 0.2) is 0 Å². The Balaban J connectivity index is 0.000000158. The fourth-order valence-corrected chi connectivity index (χ4v) is 13.2. The van der Waals surface area contributed by atoms with Gasteiger partial charge in [-0.25, -0.2) is 19.9 Å². The number of fused-ring (bicyclic) bond motifs is 8. The standard InChI is InChI=1S/C27H31N5O3S.C22H21ClN4O2S/c1-4-27(26(33)32-7-8-35-14-16(32)2)6-5-19-22(11-27)36-25-23(19)24(29-15-30-25)31-20-9-17-12-28-13-18(17)10-21(20)34-3;1-3-22(21(23)28)5-4-14-17(8-22)30-20-18(14)19(25-11-26-20)27-15-6-12-9-24-10-13(12)7-16(15)29-2/h9-10,12,15-16H,4-8,11,13-14H2,1-3H3,(H,29,30,31);6-7,9,11H,3-5,8,10H2,1-2H3,(H,25,26,27)/t16-,27-;22-/m11/s1. The highest BCUT2D eigenvalue weighted by Crippen LogP contribution is 2.49. The van der Waals surface area contributed by atoms with E-state index in [-0.39, 0.29) is 22.6 Å². The number of methoxy groups -OCH3 is 2. The van der Waals surface area contributed by atoms with E-state index in [9.17, 15) is 9.59 Å². The van der Waals surface area contributed by atoms with Gasteiger partial charge in [0.25, 0.3) is 0 Å². The van der Waals surface area contributed by atoms with Crippen LogP contribution < -0.4 is 20.1 Å². The van der Waals surface area contributed by atoms with Gasteiger partial charge >= 0.3 is 0 Å². The summed E-state index contributed by atoms with van der Waals surface area (Å²) in [5.41, 5.74) is 7.85. The summed E-state index contributed by atoms with van der Waals surface area (Å²) in [6.45, 7) is 9.54. The Morgan fingerprint density at radius 2 is 1.30 bits per heavy atom. The van der Waals surface area contributed by atoms with Crippen molar-refractivity contribution in [3.63, 3.8) is 0 Å². The summed E-state index contributed by atoms with van der Waals surface area (Å²) >= 11 is 9.33. The van der Waals surface area contributed by atoms with Gasteiger partial charge in [-0.15, -0.1) is 22.7 Å². The van der Waals surface area contributed by atoms with E-state index in [1.54, 1.807) is 49.5 Å². The van der Waals surface area contributed by atoms with Crippen LogP contribution >= 0.6 is 34.3 Å². The molecule has 2 aromatic carbocycles. The molecule has 5 aliphatic rings. The number of amides is 1. The molecule has 0 saturated carbocycles. The van der Waals surface area contributed by atoms with Gasteiger partial charge in [0, 0.05) is 34.1 Å². The smallest absolute Gasteiger partial charge is 0.229 e. The van der Waals surface area contributed by atoms with E-state index >= 15 is 0 Å². The number of benzene rings is 2. The number of thiophene rings is 2. The summed E-state index contributed by atoms with van der Waals surface area (Å²) in [5.74, 6) is 3.34. The van der Waals surface area contributed by atoms with Crippen LogP contribution in [0.3, 0.4) is 0 Å². The first-order valence-corrected chi connectivity index (χ1v) is 24.6. The third-order valence-corrected chi connectivity index (χ3v) is 17.0. The normalized spacial score (nSPS) is 21.4. The quantitative estimate of drug-likeness (QED) is 0.126. The lowest BCUT2D eigenvalue weighted by molar-refractivity contribution is -0.151. The second-order valence-corrected chi connectivity index (χ2v) is 20.3. The summed E-state index contributed by atoms with van der Waals surface area (Å²) in [4.78, 5) is 59.4. The number of aromatic nitrogens is 4. The molecule has 0 radical (unpaired) electrons. The predicted molar refractivity (Wildman–Crippen MR) is 262 cm³/mol. The van der Waals surface area contributed by atoms with Crippen molar-refractivity contribution in [1.82, 2.24) is 24.8 Å². The minimum atomic E-state index is -0.473. The van der Waals surface area contributed by atoms with Crippen LogP contribution in [0.15, 0.2) is 46.9 Å². The lowest BCUT2D eigenvalue weighted by atomic mass is 9.71. The zero-order chi connectivity index (χ0) is 45.7. The number of morpholine rings is 1. The monoisotopic (exact) mass is 945 g/mol. The van der Waals surface area contributed by atoms with E-state index in [1.165, 1.54) is 20.9 Å². The summed E-state index contributed by atoms with van der Waals surface area (Å²) in [6.07, 6.45) is 13.2. The molecule has 7 heterocycles. The Labute approximate surface area is 396 Å². The van der Waals surface area contributed by atoms with Gasteiger partial charge in [-0.1, -0.05) is 13.8 Å². The molecule has 4 aromatic heterocycles. The highest BCUT2D eigenvalue weighted by atomic mass is 35.5. The Morgan fingerprint density at radius 3 is 1.79 bits per heavy atom. The number of halogens is 1. The van der Waals surface area contributed by atoms with Crippen molar-refractivity contribution in [3.8, 4) is 11.5 Å². The van der Waals surface area contributed by atoms with Gasteiger partial charge < -0.3 is 29.7 Å². The van der Waals surface area contributed by atoms with Gasteiger partial charge in [-0.05, 0) is 128 Å². The SMILES string of the molecule is CC[C@@]1(C(=O)Cl)CCc2c(sc3ncnc(Nc4cc5c(cc4OC)CN=C5)c23)C1.CC[C@@]1(C(=O)N2CCOC[C@H]2C)CCc2c(sc3ncnc(Nc4cc5c(cc4OC)CN=C5)c23)C1. The van der Waals surface area contributed by atoms with Crippen molar-refractivity contribution in [2.45, 2.75) is 91.3 Å². The molecule has 6 aromatic rings. The molecule has 3 atom stereocenters. The molecule has 1 fully saturated rings. The lowest BCUT2D eigenvalue weighted by Gasteiger charge is -2.43. The molecule has 11 rings (SSSR count). The Morgan fingerprint density at radius 1 is 0.788 bits per heavy atom. The molecule has 1 saturated heterocycles. The number of rotatable bonds is 10. The maximum atomic E-state index is 13.8. The second-order valence-electron chi connectivity index (χ2n) is 17.8. The Kier molecular flexibility index (Phi) is 12.0. The highest BCUT2D eigenvalue weighted by Gasteiger charge is 2.45. The summed E-state index contributed by atoms with van der Waals surface area (Å²) in [5, 5.41) is 8.85. The fourth-order valence-electron chi connectivity index (χ4n) is 10.2. The van der Waals surface area contributed by atoms with Crippen molar-refractivity contribution in [1.29, 1.82) is 0 Å². The number of nitrogens with one attached hydrogen (secondary N) is 2. The van der Waals surface area contributed by atoms with E-state index in [0.717, 1.165) is 122 Å². The fraction of sp³-hybridized carbons (Fsp3) is 0.429. The molecule has 17 heteroatoms. The van der Waals surface area contributed by atoms with Crippen LogP contribution in [0.5, 0.6) is 11.5 Å². The summed E-state index contributed by atoms with van der Waals surface area (Å²) in [7, 11) is 3.35. The third-order valence-electron chi connectivity index (χ3n) is 14.3. The number of hydrogen-bond donors (Lipinski definition) is 2. The van der Waals surface area contributed by atoms with E-state index in [4.69, 9.17) is 25.8 Å². The molecule has 3 aliphatic heterocycles. The first-order valence-electron chi connectivity index (χ1n) is 22.6. The van der Waals surface area contributed by atoms with Crippen molar-refractivity contribution >= 4 is 101 Å². The predicted octanol–water partition coefficient (Wildman–Crippen LogP) is 9.53. The van der Waals surface area contributed by atoms with Crippen molar-refractivity contribution in [2.75, 3.05) is 44.6 Å². The zero-order valence-electron chi connectivity index (χ0n) is 37.8. The molecule has 66 heavy (non-hydrogen) atoms. The number of aliphatic imine (C=N–C) groups is 2. The van der Waals surface area contributed by atoms with Crippen LogP contribution in [0.25, 0.3) is 20.4 Å². The van der Waals surface area contributed by atoms with E-state index in [2.05, 4.69) is 60.5 Å². The number of anilines is 4. The number of ether oxygens (including phenoxy) is 3. The summed E-state index contributed by atoms with van der Waals surface area (Å²) in [6, 6.07) is 8.30. The van der Waals surface area contributed by atoms with Crippen LogP contribution in [0.4, 0.5) is 23.0 Å². The van der Waals surface area contributed by atoms with Crippen LogP contribution in [0.1, 0.15) is 89.6 Å². The maximum Gasteiger partial charge on any atom is 0.229 e. The average molecular weight is 947 g/mol. The minimum absolute atomic E-state index is 0.118. The number of nitrogens with zero attached hydrogens (tertiary/aromatic N) is 7. The molecule has 2 N–H and O–H groups in total. The van der Waals surface area contributed by atoms with Gasteiger partial charge in [-0.2, -0.15) is 0 Å². The number of carbonyl (C=O) groups excluding carboxylic acids is 2. The minimum Gasteiger partial charge on any atom is -0.495 e. The second kappa shape index (κ2) is 17.9. The van der Waals surface area contributed by atoms with Crippen LogP contribution in [-0.2, 0) is 53.1 Å². The largest absolute Gasteiger partial charge is 0.495 e. The molecule has 14 nitrogen and oxygen atoms in total. The van der Waals surface area contributed by atoms with Crippen LogP contribution in [0, 0.1) is 10.8 Å². The highest BCUT2D eigenvalue weighted by molar-refractivity contribution is 7.19. The van der Waals surface area contributed by atoms with E-state index in [1.807, 2.05) is 42.5 Å². The number of hydrogen-bond acceptors (Lipinski definition) is 15. The topological polar surface area (TPSA) is 165 Å². The van der Waals surface area contributed by atoms with Crippen molar-refractivity contribution in [2.24, 2.45) is 20.8 Å². The molecule has 2 aliphatic carbocycles. The number of carbonyl (C=O) groups is 2. The van der Waals surface area contributed by atoms with Gasteiger partial charge in [0.1, 0.15) is 45.5 Å². The molecule has 342 valence electrons. The maximum absolute atomic E-state index is 13.8. The Hall–Kier alpha value is -5.55. The third kappa shape index (κ3) is 7.78. The molecule has 0 spiro atoms.